The number of ether oxygens (including phenoxy) is 2. The Hall–Kier alpha value is -2.54. The first-order chi connectivity index (χ1) is 12.6. The predicted octanol–water partition coefficient (Wildman–Crippen LogP) is 3.27. The molecule has 26 heavy (non-hydrogen) atoms. The lowest BCUT2D eigenvalue weighted by Gasteiger charge is -2.22. The molecule has 2 aliphatic rings. The van der Waals surface area contributed by atoms with Gasteiger partial charge in [-0.05, 0) is 48.7 Å². The van der Waals surface area contributed by atoms with Crippen molar-refractivity contribution in [1.82, 2.24) is 4.90 Å². The molecule has 1 N–H and O–H groups in total. The highest BCUT2D eigenvalue weighted by Gasteiger charge is 2.31. The van der Waals surface area contributed by atoms with Gasteiger partial charge in [-0.25, -0.2) is 0 Å². The van der Waals surface area contributed by atoms with Gasteiger partial charge in [-0.15, -0.1) is 11.3 Å². The van der Waals surface area contributed by atoms with Gasteiger partial charge in [0.25, 0.3) is 5.91 Å². The van der Waals surface area contributed by atoms with E-state index in [9.17, 15) is 9.59 Å². The normalized spacial score (nSPS) is 18.8. The molecule has 0 aliphatic carbocycles. The monoisotopic (exact) mass is 373 g/mol. The van der Waals surface area contributed by atoms with Crippen molar-refractivity contribution in [2.45, 2.75) is 25.3 Å². The van der Waals surface area contributed by atoms with Gasteiger partial charge in [0.05, 0.1) is 11.3 Å². The van der Waals surface area contributed by atoms with Gasteiger partial charge in [0.2, 0.25) is 0 Å². The predicted molar refractivity (Wildman–Crippen MR) is 97.1 cm³/mol. The Labute approximate surface area is 155 Å². The van der Waals surface area contributed by atoms with Crippen molar-refractivity contribution in [3.8, 4) is 21.9 Å². The molecule has 1 amide bonds. The van der Waals surface area contributed by atoms with Gasteiger partial charge in [0, 0.05) is 17.5 Å². The van der Waals surface area contributed by atoms with Gasteiger partial charge in [-0.1, -0.05) is 0 Å². The second kappa shape index (κ2) is 6.99. The zero-order valence-electron chi connectivity index (χ0n) is 14.1. The number of thiophene rings is 1. The first-order valence-electron chi connectivity index (χ1n) is 8.64. The molecule has 1 unspecified atom stereocenters. The number of fused-ring (bicyclic) bond motifs is 1. The van der Waals surface area contributed by atoms with E-state index in [1.165, 1.54) is 11.3 Å². The molecule has 0 spiro atoms. The Morgan fingerprint density at radius 3 is 2.77 bits per heavy atom. The summed E-state index contributed by atoms with van der Waals surface area (Å²) < 4.78 is 11.2. The van der Waals surface area contributed by atoms with Gasteiger partial charge < -0.3 is 19.5 Å². The summed E-state index contributed by atoms with van der Waals surface area (Å²) >= 11 is 1.42. The summed E-state index contributed by atoms with van der Waals surface area (Å²) in [4.78, 5) is 27.1. The van der Waals surface area contributed by atoms with Crippen LogP contribution in [0.15, 0.2) is 30.3 Å². The minimum absolute atomic E-state index is 0.00608. The number of carbonyl (C=O) groups excluding carboxylic acids is 1. The second-order valence-electron chi connectivity index (χ2n) is 6.41. The molecule has 2 aliphatic heterocycles. The molecule has 1 atom stereocenters. The summed E-state index contributed by atoms with van der Waals surface area (Å²) in [5, 5.41) is 9.04. The van der Waals surface area contributed by atoms with Crippen molar-refractivity contribution in [3.63, 3.8) is 0 Å². The molecule has 0 bridgehead atoms. The molecule has 0 saturated carbocycles. The molecule has 7 heteroatoms. The minimum Gasteiger partial charge on any atom is -0.486 e. The van der Waals surface area contributed by atoms with Crippen LogP contribution in [0.2, 0.25) is 0 Å². The maximum Gasteiger partial charge on any atom is 0.305 e. The van der Waals surface area contributed by atoms with E-state index in [0.717, 1.165) is 34.8 Å². The van der Waals surface area contributed by atoms with E-state index in [1.807, 2.05) is 30.3 Å². The van der Waals surface area contributed by atoms with Crippen molar-refractivity contribution in [2.24, 2.45) is 0 Å². The fourth-order valence-corrected chi connectivity index (χ4v) is 4.42. The minimum atomic E-state index is -0.863. The Bertz CT molecular complexity index is 846. The molecule has 6 nitrogen and oxygen atoms in total. The van der Waals surface area contributed by atoms with Gasteiger partial charge in [0.15, 0.2) is 11.5 Å². The lowest BCUT2D eigenvalue weighted by atomic mass is 10.1. The van der Waals surface area contributed by atoms with Gasteiger partial charge in [-0.2, -0.15) is 0 Å². The number of nitrogens with zero attached hydrogens (tertiary/aromatic N) is 1. The summed E-state index contributed by atoms with van der Waals surface area (Å²) in [6, 6.07) is 9.30. The van der Waals surface area contributed by atoms with Crippen molar-refractivity contribution in [3.05, 3.63) is 35.2 Å². The van der Waals surface area contributed by atoms with E-state index in [4.69, 9.17) is 14.6 Å². The standard InChI is InChI=1S/C19H19NO5S/c21-18(22)11-13-2-1-7-20(13)19(23)17-6-5-16(26-17)12-3-4-14-15(10-12)25-9-8-24-14/h3-6,10,13H,1-2,7-9,11H2,(H,21,22). The Balaban J connectivity index is 1.54. The third-order valence-corrected chi connectivity index (χ3v) is 5.81. The number of likely N-dealkylation sites (tertiary alicyclic amines) is 1. The van der Waals surface area contributed by atoms with Crippen LogP contribution >= 0.6 is 11.3 Å². The quantitative estimate of drug-likeness (QED) is 0.890. The molecular formula is C19H19NO5S. The van der Waals surface area contributed by atoms with Gasteiger partial charge in [0.1, 0.15) is 13.2 Å². The van der Waals surface area contributed by atoms with Crippen LogP contribution in [0.25, 0.3) is 10.4 Å². The topological polar surface area (TPSA) is 76.1 Å². The average Bonchev–Trinajstić information content (AvgIpc) is 3.30. The Morgan fingerprint density at radius 2 is 1.96 bits per heavy atom. The summed E-state index contributed by atoms with van der Waals surface area (Å²) in [5.41, 5.74) is 0.974. The number of rotatable bonds is 4. The lowest BCUT2D eigenvalue weighted by molar-refractivity contribution is -0.137. The number of carbonyl (C=O) groups is 2. The van der Waals surface area contributed by atoms with E-state index in [-0.39, 0.29) is 18.4 Å². The highest BCUT2D eigenvalue weighted by atomic mass is 32.1. The number of amides is 1. The molecule has 0 radical (unpaired) electrons. The summed E-state index contributed by atoms with van der Waals surface area (Å²) in [6.07, 6.45) is 1.61. The first kappa shape index (κ1) is 16.9. The van der Waals surface area contributed by atoms with Crippen LogP contribution in [0.1, 0.15) is 28.9 Å². The number of aliphatic carboxylic acids is 1. The van der Waals surface area contributed by atoms with Crippen molar-refractivity contribution in [1.29, 1.82) is 0 Å². The maximum atomic E-state index is 12.8. The van der Waals surface area contributed by atoms with Gasteiger partial charge in [-0.3, -0.25) is 9.59 Å². The van der Waals surface area contributed by atoms with Crippen LogP contribution in [-0.2, 0) is 4.79 Å². The molecule has 1 saturated heterocycles. The van der Waals surface area contributed by atoms with Crippen LogP contribution in [0.4, 0.5) is 0 Å². The third kappa shape index (κ3) is 3.26. The Morgan fingerprint density at radius 1 is 1.15 bits per heavy atom. The average molecular weight is 373 g/mol. The lowest BCUT2D eigenvalue weighted by Crippen LogP contribution is -2.36. The summed E-state index contributed by atoms with van der Waals surface area (Å²) in [7, 11) is 0. The second-order valence-corrected chi connectivity index (χ2v) is 7.50. The fraction of sp³-hybridized carbons (Fsp3) is 0.368. The highest BCUT2D eigenvalue weighted by molar-refractivity contribution is 7.17. The van der Waals surface area contributed by atoms with Crippen molar-refractivity contribution in [2.75, 3.05) is 19.8 Å². The highest BCUT2D eigenvalue weighted by Crippen LogP contribution is 2.37. The first-order valence-corrected chi connectivity index (χ1v) is 9.46. The van der Waals surface area contributed by atoms with E-state index in [2.05, 4.69) is 0 Å². The molecule has 3 heterocycles. The number of carboxylic acid groups (broad SMARTS) is 1. The number of carboxylic acids is 1. The van der Waals surface area contributed by atoms with E-state index in [1.54, 1.807) is 4.90 Å². The maximum absolute atomic E-state index is 12.8. The molecule has 1 aromatic carbocycles. The summed E-state index contributed by atoms with van der Waals surface area (Å²) in [6.45, 7) is 1.70. The van der Waals surface area contributed by atoms with E-state index >= 15 is 0 Å². The SMILES string of the molecule is O=C(O)CC1CCCN1C(=O)c1ccc(-c2ccc3c(c2)OCCO3)s1. The van der Waals surface area contributed by atoms with E-state index < -0.39 is 5.97 Å². The Kier molecular flexibility index (Phi) is 4.55. The van der Waals surface area contributed by atoms with Crippen LogP contribution in [0.3, 0.4) is 0 Å². The van der Waals surface area contributed by atoms with Crippen molar-refractivity contribution < 1.29 is 24.2 Å². The smallest absolute Gasteiger partial charge is 0.305 e. The van der Waals surface area contributed by atoms with Gasteiger partial charge >= 0.3 is 5.97 Å². The molecule has 4 rings (SSSR count). The molecule has 136 valence electrons. The zero-order valence-corrected chi connectivity index (χ0v) is 15.0. The third-order valence-electron chi connectivity index (χ3n) is 4.69. The molecule has 1 fully saturated rings. The van der Waals surface area contributed by atoms with Crippen LogP contribution in [0.5, 0.6) is 11.5 Å². The number of hydrogen-bond donors (Lipinski definition) is 1. The molecule has 1 aromatic heterocycles. The zero-order chi connectivity index (χ0) is 18.1. The van der Waals surface area contributed by atoms with Crippen LogP contribution < -0.4 is 9.47 Å². The largest absolute Gasteiger partial charge is 0.486 e. The fourth-order valence-electron chi connectivity index (χ4n) is 3.46. The van der Waals surface area contributed by atoms with Crippen LogP contribution in [0, 0.1) is 0 Å². The van der Waals surface area contributed by atoms with Crippen LogP contribution in [-0.4, -0.2) is 47.7 Å². The number of hydrogen-bond acceptors (Lipinski definition) is 5. The molecular weight excluding hydrogens is 354 g/mol. The number of benzene rings is 1. The van der Waals surface area contributed by atoms with Crippen molar-refractivity contribution >= 4 is 23.2 Å². The summed E-state index contributed by atoms with van der Waals surface area (Å²) in [5.74, 6) is 0.512. The van der Waals surface area contributed by atoms with E-state index in [0.29, 0.717) is 24.6 Å². The molecule has 2 aromatic rings.